The molecule has 5 fully saturated rings. The van der Waals surface area contributed by atoms with Crippen LogP contribution in [0.4, 0.5) is 17.5 Å². The van der Waals surface area contributed by atoms with Crippen molar-refractivity contribution in [1.82, 2.24) is 48.2 Å². The van der Waals surface area contributed by atoms with E-state index in [-0.39, 0.29) is 60.1 Å². The summed E-state index contributed by atoms with van der Waals surface area (Å²) in [6.45, 7) is -13.1. The Morgan fingerprint density at radius 3 is 2.19 bits per heavy atom. The summed E-state index contributed by atoms with van der Waals surface area (Å²) in [6, 6.07) is 1.38. The van der Waals surface area contributed by atoms with E-state index in [1.165, 1.54) is 48.8 Å². The van der Waals surface area contributed by atoms with E-state index in [2.05, 4.69) is 42.2 Å². The molecule has 5 aliphatic heterocycles. The van der Waals surface area contributed by atoms with Gasteiger partial charge in [-0.3, -0.25) is 41.6 Å². The van der Waals surface area contributed by atoms with Crippen molar-refractivity contribution in [3.8, 4) is 0 Å². The molecule has 5 aliphatic rings. The van der Waals surface area contributed by atoms with Crippen LogP contribution in [-0.2, 0) is 79.0 Å². The van der Waals surface area contributed by atoms with E-state index in [1.54, 1.807) is 6.92 Å². The Morgan fingerprint density at radius 1 is 0.810 bits per heavy atom. The third-order valence-corrected chi connectivity index (χ3v) is 18.3. The number of nitrogen functional groups attached to an aromatic ring is 3. The second kappa shape index (κ2) is 22.4. The van der Waals surface area contributed by atoms with Gasteiger partial charge >= 0.3 is 37.3 Å². The Hall–Kier alpha value is -4.33. The van der Waals surface area contributed by atoms with Gasteiger partial charge in [0.05, 0.1) is 51.6 Å². The minimum absolute atomic E-state index is 0.0106. The highest BCUT2D eigenvalue weighted by Crippen LogP contribution is 2.60. The lowest BCUT2D eigenvalue weighted by atomic mass is 10.0. The lowest BCUT2D eigenvalue weighted by molar-refractivity contribution is -0.185. The van der Waals surface area contributed by atoms with Gasteiger partial charge in [0.2, 0.25) is 0 Å². The number of aromatic nitrogens is 10. The van der Waals surface area contributed by atoms with Gasteiger partial charge in [-0.1, -0.05) is 12.2 Å². The van der Waals surface area contributed by atoms with E-state index >= 15 is 0 Å². The molecule has 16 atom stereocenters. The molecule has 5 aromatic heterocycles. The zero-order valence-corrected chi connectivity index (χ0v) is 46.4. The van der Waals surface area contributed by atoms with E-state index in [9.17, 15) is 43.7 Å². The average molecular weight is 1220 g/mol. The van der Waals surface area contributed by atoms with Crippen LogP contribution in [0.3, 0.4) is 0 Å². The molecule has 2 bridgehead atoms. The number of ether oxygens (including phenoxy) is 5. The summed E-state index contributed by atoms with van der Waals surface area (Å²) in [5.41, 5.74) is 13.8. The number of hydrogen-bond acceptors (Lipinski definition) is 28. The number of anilines is 3. The normalized spacial score (nSPS) is 31.9. The van der Waals surface area contributed by atoms with Crippen molar-refractivity contribution in [1.29, 1.82) is 0 Å². The van der Waals surface area contributed by atoms with Crippen molar-refractivity contribution in [2.75, 3.05) is 50.2 Å². The highest BCUT2D eigenvalue weighted by atomic mass is 32.7. The summed E-state index contributed by atoms with van der Waals surface area (Å²) in [7, 11) is 0. The zero-order valence-electron chi connectivity index (χ0n) is 41.2. The Kier molecular flexibility index (Phi) is 16.4. The molecule has 39 heteroatoms. The molecule has 10 rings (SSSR count). The minimum Gasteiger partial charge on any atom is -0.394 e. The molecule has 430 valence electrons. The lowest BCUT2D eigenvalue weighted by Gasteiger charge is -2.33. The second-order valence-corrected chi connectivity index (χ2v) is 27.3. The molecule has 0 amide bonds. The largest absolute Gasteiger partial charge is 0.394 e. The molecular formula is C40H52N13O20P3S3. The van der Waals surface area contributed by atoms with Crippen molar-refractivity contribution in [2.24, 2.45) is 0 Å². The van der Waals surface area contributed by atoms with Crippen molar-refractivity contribution in [3.63, 3.8) is 0 Å². The molecule has 3 unspecified atom stereocenters. The number of nitrogens with one attached hydrogen (secondary N) is 1. The predicted octanol–water partition coefficient (Wildman–Crippen LogP) is -1.19. The lowest BCUT2D eigenvalue weighted by Crippen LogP contribution is -2.46. The van der Waals surface area contributed by atoms with Crippen molar-refractivity contribution >= 4 is 84.7 Å². The minimum atomic E-state index is -4.54. The summed E-state index contributed by atoms with van der Waals surface area (Å²) in [5, 5.41) is 21.0. The number of hydrogen-bond donors (Lipinski definition) is 9. The Morgan fingerprint density at radius 2 is 1.46 bits per heavy atom. The number of aryl methyl sites for hydroxylation is 2. The number of aromatic amines is 1. The predicted molar refractivity (Wildman–Crippen MR) is 280 cm³/mol. The number of nitrogens with two attached hydrogens (primary N) is 3. The maximum atomic E-state index is 14.1. The summed E-state index contributed by atoms with van der Waals surface area (Å²) in [6.07, 6.45) is -7.80. The van der Waals surface area contributed by atoms with E-state index in [4.69, 9.17) is 91.6 Å². The highest BCUT2D eigenvalue weighted by molar-refractivity contribution is 8.44. The first-order valence-corrected chi connectivity index (χ1v) is 31.7. The van der Waals surface area contributed by atoms with Crippen LogP contribution in [-0.4, -0.2) is 156 Å². The van der Waals surface area contributed by atoms with Crippen LogP contribution in [0.2, 0.25) is 0 Å². The third kappa shape index (κ3) is 12.1. The number of nitrogens with zero attached hydrogens (tertiary/aromatic N) is 9. The number of aliphatic hydroxyl groups is 2. The summed E-state index contributed by atoms with van der Waals surface area (Å²) in [5.74, 6) is -0.000519. The van der Waals surface area contributed by atoms with Gasteiger partial charge in [0, 0.05) is 49.0 Å². The summed E-state index contributed by atoms with van der Waals surface area (Å²) < 4.78 is 84.9. The molecule has 0 radical (unpaired) electrons. The quantitative estimate of drug-likeness (QED) is 0.0327. The molecule has 10 heterocycles. The standard InChI is InChI=1S/C40H52N13O20P3S3/c1-17-8-52(38(58)48-32(17)42)36-30-31(40(70-36,13-63-30)14-66-76(62,79)71-20-6-27(67-22(20)10-54)51-9-18(2)35(56)49-39(51)59)73-75(61,78)65-12-24-21(7-28(69-24)53-16-46-29-33(43)44-15-45-34(29)53)72-74(60,77)64-11-23-19(55)5-26(68-23)50-4-3-25(41)47-37(50)57/h3-4,8-9,15-16,19-24,26-28,30-31,36,54-55H,5-7,10-14H2,1-2H3,(H,60,77)(H,61,78)(H,62,79)(H2,41,47,57)(H2,42,48,58)(H2,43,44,45)(H,49,56,59)/t19-,20-,21-,22+,23+,24+,26+,27+,28+,30+,31-,36+,40+,74?,75?,76?/m0/s1. The maximum Gasteiger partial charge on any atom is 0.386 e. The van der Waals surface area contributed by atoms with Crippen LogP contribution < -0.4 is 39.8 Å². The Bertz CT molecular complexity index is 3540. The molecule has 5 aromatic rings. The molecule has 5 saturated heterocycles. The van der Waals surface area contributed by atoms with Crippen LogP contribution in [0.25, 0.3) is 11.2 Å². The van der Waals surface area contributed by atoms with Crippen molar-refractivity contribution < 1.29 is 75.4 Å². The van der Waals surface area contributed by atoms with E-state index < -0.39 is 149 Å². The molecule has 33 nitrogen and oxygen atoms in total. The first kappa shape index (κ1) is 57.9. The molecule has 0 spiro atoms. The van der Waals surface area contributed by atoms with Gasteiger partial charge < -0.3 is 74.5 Å². The van der Waals surface area contributed by atoms with Gasteiger partial charge in [-0.15, -0.1) is 0 Å². The van der Waals surface area contributed by atoms with Gasteiger partial charge in [-0.25, -0.2) is 33.9 Å². The summed E-state index contributed by atoms with van der Waals surface area (Å²) >= 11 is 15.2. The molecular weight excluding hydrogens is 1170 g/mol. The van der Waals surface area contributed by atoms with Gasteiger partial charge in [0.15, 0.2) is 17.7 Å². The van der Waals surface area contributed by atoms with E-state index in [0.717, 1.165) is 13.7 Å². The SMILES string of the molecule is Cc1cn([C@@H]2O[C@@]3(COP(=O)(S)O[C@H]4C[C@H](n5cc(C)c(=O)[nH]c5=O)O[C@@H]4CO)CO[C@@H]2[C@@H]3OP(O)(=S)OC[C@H]2O[C@@H](n3cnc4c(N)ncnc43)C[C@@H]2OP(O)(=S)OC[C@H]2O[C@@H](n3ccc(N)nc3=O)C[C@@H]2O)c(=O)nc1N. The van der Waals surface area contributed by atoms with Crippen molar-refractivity contribution in [3.05, 3.63) is 90.2 Å². The van der Waals surface area contributed by atoms with Crippen LogP contribution in [0.15, 0.2) is 56.5 Å². The molecule has 79 heavy (non-hydrogen) atoms. The first-order valence-electron chi connectivity index (χ1n) is 23.8. The second-order valence-electron chi connectivity index (χ2n) is 18.9. The number of aliphatic hydroxyl groups excluding tert-OH is 2. The highest BCUT2D eigenvalue weighted by Gasteiger charge is 2.65. The Labute approximate surface area is 459 Å². The van der Waals surface area contributed by atoms with Crippen LogP contribution in [0, 0.1) is 13.8 Å². The van der Waals surface area contributed by atoms with Gasteiger partial charge in [0.1, 0.15) is 84.4 Å². The fourth-order valence-corrected chi connectivity index (χ4v) is 14.1. The molecule has 0 saturated carbocycles. The maximum absolute atomic E-state index is 14.1. The zero-order chi connectivity index (χ0) is 56.5. The number of fused-ring (bicyclic) bond motifs is 3. The number of H-pyrrole nitrogens is 1. The van der Waals surface area contributed by atoms with E-state index in [0.29, 0.717) is 5.56 Å². The van der Waals surface area contributed by atoms with Crippen molar-refractivity contribution in [2.45, 2.75) is 112 Å². The fourth-order valence-electron chi connectivity index (χ4n) is 9.58. The fraction of sp³-hybridized carbons (Fsp3) is 0.575. The number of thiol groups is 1. The van der Waals surface area contributed by atoms with Gasteiger partial charge in [-0.05, 0) is 43.5 Å². The van der Waals surface area contributed by atoms with Crippen LogP contribution >= 0.6 is 32.5 Å². The van der Waals surface area contributed by atoms with Gasteiger partial charge in [0.25, 0.3) is 5.56 Å². The topological polar surface area (TPSA) is 446 Å². The third-order valence-electron chi connectivity index (χ3n) is 13.5. The molecule has 11 N–H and O–H groups in total. The molecule has 0 aliphatic carbocycles. The van der Waals surface area contributed by atoms with Crippen LogP contribution in [0.5, 0.6) is 0 Å². The van der Waals surface area contributed by atoms with Gasteiger partial charge in [-0.2, -0.15) is 9.97 Å². The first-order chi connectivity index (χ1) is 37.3. The van der Waals surface area contributed by atoms with E-state index in [1.807, 2.05) is 0 Å². The average Bonchev–Trinajstić information content (AvgIpc) is 4.25. The smallest absolute Gasteiger partial charge is 0.386 e. The number of imidazole rings is 1. The number of rotatable bonds is 20. The monoisotopic (exact) mass is 1220 g/mol. The summed E-state index contributed by atoms with van der Waals surface area (Å²) in [4.78, 5) is 96.2. The Balaban J connectivity index is 0.858. The van der Waals surface area contributed by atoms with Crippen LogP contribution in [0.1, 0.15) is 55.3 Å². The molecule has 0 aromatic carbocycles.